The van der Waals surface area contributed by atoms with Gasteiger partial charge in [-0.25, -0.2) is 4.98 Å². The lowest BCUT2D eigenvalue weighted by Gasteiger charge is -2.24. The van der Waals surface area contributed by atoms with E-state index in [1.165, 1.54) is 5.56 Å². The van der Waals surface area contributed by atoms with E-state index in [1.807, 2.05) is 0 Å². The predicted octanol–water partition coefficient (Wildman–Crippen LogP) is 5.26. The van der Waals surface area contributed by atoms with Crippen LogP contribution < -0.4 is 4.90 Å². The fourth-order valence-corrected chi connectivity index (χ4v) is 4.57. The molecule has 2 heterocycles. The van der Waals surface area contributed by atoms with E-state index in [4.69, 9.17) is 9.40 Å². The summed E-state index contributed by atoms with van der Waals surface area (Å²) in [7, 11) is 0. The molecule has 0 aliphatic rings. The van der Waals surface area contributed by atoms with Crippen LogP contribution in [0.15, 0.2) is 33.4 Å². The van der Waals surface area contributed by atoms with E-state index in [0.29, 0.717) is 22.1 Å². The zero-order valence-corrected chi connectivity index (χ0v) is 18.5. The average Bonchev–Trinajstić information content (AvgIpc) is 3.25. The summed E-state index contributed by atoms with van der Waals surface area (Å²) in [5.41, 5.74) is 3.29. The van der Waals surface area contributed by atoms with Crippen molar-refractivity contribution in [2.75, 3.05) is 31.1 Å². The number of likely N-dealkylation sites (N-methyl/N-ethyl adjacent to an activating group) is 1. The molecule has 0 saturated heterocycles. The first kappa shape index (κ1) is 20.0. The smallest absolute Gasteiger partial charge is 0.295 e. The number of halogens is 1. The Labute approximate surface area is 172 Å². The number of rotatable bonds is 7. The second-order valence-corrected chi connectivity index (χ2v) is 8.30. The van der Waals surface area contributed by atoms with E-state index >= 15 is 0 Å². The van der Waals surface area contributed by atoms with E-state index in [0.717, 1.165) is 35.4 Å². The normalized spacial score (nSPS) is 11.5. The number of furan rings is 1. The molecule has 144 valence electrons. The molecule has 0 saturated carbocycles. The Kier molecular flexibility index (Phi) is 6.34. The molecule has 0 aliphatic carbocycles. The number of carbonyl (C=O) groups excluding carboxylic acids is 1. The van der Waals surface area contributed by atoms with Crippen molar-refractivity contribution in [3.8, 4) is 0 Å². The third-order valence-corrected chi connectivity index (χ3v) is 6.06. The average molecular weight is 450 g/mol. The predicted molar refractivity (Wildman–Crippen MR) is 115 cm³/mol. The lowest BCUT2D eigenvalue weighted by atomic mass is 10.1. The Morgan fingerprint density at radius 2 is 1.93 bits per heavy atom. The van der Waals surface area contributed by atoms with Gasteiger partial charge in [-0.15, -0.1) is 0 Å². The van der Waals surface area contributed by atoms with Crippen molar-refractivity contribution in [2.24, 2.45) is 0 Å². The van der Waals surface area contributed by atoms with Gasteiger partial charge in [0.1, 0.15) is 0 Å². The van der Waals surface area contributed by atoms with Gasteiger partial charge in [0, 0.05) is 13.1 Å². The van der Waals surface area contributed by atoms with Crippen LogP contribution in [0.4, 0.5) is 5.13 Å². The molecule has 0 atom stereocenters. The number of amides is 1. The third-order valence-electron chi connectivity index (χ3n) is 4.61. The summed E-state index contributed by atoms with van der Waals surface area (Å²) >= 11 is 4.83. The number of fused-ring (bicyclic) bond motifs is 1. The molecule has 5 nitrogen and oxygen atoms in total. The standard InChI is InChI=1S/C20H24BrN3O2S/c1-5-23(6-2)9-10-24(19(25)15-7-8-17(21)26-15)20-22-18-14(4)11-13(3)12-16(18)27-20/h7-8,11-12H,5-6,9-10H2,1-4H3. The maximum Gasteiger partial charge on any atom is 0.295 e. The summed E-state index contributed by atoms with van der Waals surface area (Å²) in [6.07, 6.45) is 0. The molecule has 27 heavy (non-hydrogen) atoms. The first-order valence-electron chi connectivity index (χ1n) is 9.10. The molecule has 0 N–H and O–H groups in total. The first-order chi connectivity index (χ1) is 12.9. The fourth-order valence-electron chi connectivity index (χ4n) is 3.10. The minimum absolute atomic E-state index is 0.165. The summed E-state index contributed by atoms with van der Waals surface area (Å²) in [4.78, 5) is 22.0. The SMILES string of the molecule is CCN(CC)CCN(C(=O)c1ccc(Br)o1)c1nc2c(C)cc(C)cc2s1. The molecule has 0 aliphatic heterocycles. The highest BCUT2D eigenvalue weighted by Crippen LogP contribution is 2.32. The molecule has 1 amide bonds. The van der Waals surface area contributed by atoms with Crippen molar-refractivity contribution >= 4 is 48.5 Å². The number of aromatic nitrogens is 1. The van der Waals surface area contributed by atoms with Gasteiger partial charge in [-0.05, 0) is 72.2 Å². The number of carbonyl (C=O) groups is 1. The van der Waals surface area contributed by atoms with Gasteiger partial charge in [0.05, 0.1) is 10.2 Å². The van der Waals surface area contributed by atoms with Crippen LogP contribution in [0.1, 0.15) is 35.5 Å². The van der Waals surface area contributed by atoms with Gasteiger partial charge in [0.25, 0.3) is 5.91 Å². The van der Waals surface area contributed by atoms with Crippen molar-refractivity contribution in [3.05, 3.63) is 45.8 Å². The van der Waals surface area contributed by atoms with Crippen LogP contribution in [0.25, 0.3) is 10.2 Å². The van der Waals surface area contributed by atoms with E-state index in [-0.39, 0.29) is 5.91 Å². The molecule has 1 aromatic carbocycles. The first-order valence-corrected chi connectivity index (χ1v) is 10.7. The van der Waals surface area contributed by atoms with Crippen LogP contribution >= 0.6 is 27.3 Å². The van der Waals surface area contributed by atoms with E-state index in [2.05, 4.69) is 60.7 Å². The van der Waals surface area contributed by atoms with Crippen molar-refractivity contribution in [1.29, 1.82) is 0 Å². The van der Waals surface area contributed by atoms with Crippen molar-refractivity contribution in [2.45, 2.75) is 27.7 Å². The lowest BCUT2D eigenvalue weighted by Crippen LogP contribution is -2.38. The monoisotopic (exact) mass is 449 g/mol. The maximum absolute atomic E-state index is 13.1. The van der Waals surface area contributed by atoms with Crippen molar-refractivity contribution in [1.82, 2.24) is 9.88 Å². The summed E-state index contributed by atoms with van der Waals surface area (Å²) in [5, 5.41) is 0.711. The fraction of sp³-hybridized carbons (Fsp3) is 0.400. The van der Waals surface area contributed by atoms with E-state index in [9.17, 15) is 4.79 Å². The summed E-state index contributed by atoms with van der Waals surface area (Å²) < 4.78 is 7.16. The lowest BCUT2D eigenvalue weighted by molar-refractivity contribution is 0.0956. The molecule has 0 fully saturated rings. The minimum atomic E-state index is -0.165. The van der Waals surface area contributed by atoms with Gasteiger partial charge < -0.3 is 9.32 Å². The van der Waals surface area contributed by atoms with Crippen LogP contribution in [-0.4, -0.2) is 42.0 Å². The highest BCUT2D eigenvalue weighted by Gasteiger charge is 2.24. The van der Waals surface area contributed by atoms with E-state index < -0.39 is 0 Å². The summed E-state index contributed by atoms with van der Waals surface area (Å²) in [6.45, 7) is 11.6. The largest absolute Gasteiger partial charge is 0.444 e. The molecule has 0 unspecified atom stereocenters. The van der Waals surface area contributed by atoms with Crippen LogP contribution in [0.5, 0.6) is 0 Å². The Morgan fingerprint density at radius 3 is 2.56 bits per heavy atom. The molecule has 2 aromatic heterocycles. The summed E-state index contributed by atoms with van der Waals surface area (Å²) in [5.74, 6) is 0.148. The van der Waals surface area contributed by atoms with Crippen LogP contribution in [0.2, 0.25) is 0 Å². The number of hydrogen-bond acceptors (Lipinski definition) is 5. The number of benzene rings is 1. The summed E-state index contributed by atoms with van der Waals surface area (Å²) in [6, 6.07) is 7.68. The van der Waals surface area contributed by atoms with Crippen molar-refractivity contribution < 1.29 is 9.21 Å². The second-order valence-electron chi connectivity index (χ2n) is 6.51. The number of hydrogen-bond donors (Lipinski definition) is 0. The molecule has 3 rings (SSSR count). The van der Waals surface area contributed by atoms with Gasteiger partial charge in [0.15, 0.2) is 15.6 Å². The number of aryl methyl sites for hydroxylation is 2. The Bertz CT molecular complexity index is 946. The maximum atomic E-state index is 13.1. The van der Waals surface area contributed by atoms with E-state index in [1.54, 1.807) is 28.4 Å². The van der Waals surface area contributed by atoms with Gasteiger partial charge >= 0.3 is 0 Å². The molecule has 7 heteroatoms. The molecule has 0 radical (unpaired) electrons. The highest BCUT2D eigenvalue weighted by molar-refractivity contribution is 9.10. The van der Waals surface area contributed by atoms with Crippen molar-refractivity contribution in [3.63, 3.8) is 0 Å². The topological polar surface area (TPSA) is 49.6 Å². The molecular formula is C20H24BrN3O2S. The molecule has 0 bridgehead atoms. The quantitative estimate of drug-likeness (QED) is 0.493. The number of anilines is 1. The zero-order valence-electron chi connectivity index (χ0n) is 16.1. The van der Waals surface area contributed by atoms with Gasteiger partial charge in [-0.3, -0.25) is 9.69 Å². The van der Waals surface area contributed by atoms with Crippen LogP contribution in [0, 0.1) is 13.8 Å². The Balaban J connectivity index is 1.98. The molecule has 0 spiro atoms. The second kappa shape index (κ2) is 8.54. The number of thiazole rings is 1. The highest BCUT2D eigenvalue weighted by atomic mass is 79.9. The molecule has 3 aromatic rings. The van der Waals surface area contributed by atoms with Gasteiger partial charge in [-0.1, -0.05) is 31.3 Å². The minimum Gasteiger partial charge on any atom is -0.444 e. The number of nitrogens with zero attached hydrogens (tertiary/aromatic N) is 3. The van der Waals surface area contributed by atoms with Gasteiger partial charge in [0.2, 0.25) is 0 Å². The molecular weight excluding hydrogens is 426 g/mol. The third kappa shape index (κ3) is 4.42. The Morgan fingerprint density at radius 1 is 1.19 bits per heavy atom. The van der Waals surface area contributed by atoms with Crippen LogP contribution in [-0.2, 0) is 0 Å². The van der Waals surface area contributed by atoms with Gasteiger partial charge in [-0.2, -0.15) is 0 Å². The zero-order chi connectivity index (χ0) is 19.6. The van der Waals surface area contributed by atoms with Crippen LogP contribution in [0.3, 0.4) is 0 Å². The Hall–Kier alpha value is -1.70.